The minimum Gasteiger partial charge on any atom is -0.399 e. The molecule has 2 amide bonds. The summed E-state index contributed by atoms with van der Waals surface area (Å²) in [6.07, 6.45) is 0. The number of aliphatic hydroxyl groups is 1. The minimum absolute atomic E-state index is 0.0156. The molecule has 0 aromatic heterocycles. The molecule has 0 fully saturated rings. The van der Waals surface area contributed by atoms with E-state index in [0.717, 1.165) is 0 Å². The second kappa shape index (κ2) is 6.07. The molecule has 1 aromatic rings. The normalized spacial score (nSPS) is 9.76. The van der Waals surface area contributed by atoms with Crippen molar-refractivity contribution in [3.63, 3.8) is 0 Å². The lowest BCUT2D eigenvalue weighted by Gasteiger charge is -2.07. The van der Waals surface area contributed by atoms with Gasteiger partial charge in [-0.05, 0) is 18.2 Å². The Morgan fingerprint density at radius 1 is 1.35 bits per heavy atom. The number of nitrogens with one attached hydrogen (secondary N) is 2. The fraction of sp³-hybridized carbons (Fsp3) is 0.200. The molecule has 1 rings (SSSR count). The molecule has 0 radical (unpaired) electrons. The van der Waals surface area contributed by atoms with Crippen LogP contribution in [-0.2, 0) is 9.59 Å². The SMILES string of the molecule is Nc1ccc(NC(=O)C(=O)NCCO)c(Cl)c1. The van der Waals surface area contributed by atoms with Gasteiger partial charge in [0.15, 0.2) is 0 Å². The van der Waals surface area contributed by atoms with E-state index in [-0.39, 0.29) is 18.2 Å². The van der Waals surface area contributed by atoms with Crippen molar-refractivity contribution >= 4 is 34.8 Å². The quantitative estimate of drug-likeness (QED) is 0.451. The third kappa shape index (κ3) is 3.93. The summed E-state index contributed by atoms with van der Waals surface area (Å²) in [6.45, 7) is -0.219. The van der Waals surface area contributed by atoms with Gasteiger partial charge >= 0.3 is 11.8 Å². The van der Waals surface area contributed by atoms with Crippen LogP contribution < -0.4 is 16.4 Å². The molecule has 1 aromatic carbocycles. The molecule has 0 aliphatic heterocycles. The lowest BCUT2D eigenvalue weighted by molar-refractivity contribution is -0.136. The number of nitrogens with two attached hydrogens (primary N) is 1. The number of rotatable bonds is 3. The first-order chi connectivity index (χ1) is 8.04. The van der Waals surface area contributed by atoms with Gasteiger partial charge in [0.25, 0.3) is 0 Å². The number of benzene rings is 1. The van der Waals surface area contributed by atoms with E-state index < -0.39 is 11.8 Å². The van der Waals surface area contributed by atoms with Gasteiger partial charge < -0.3 is 21.5 Å². The van der Waals surface area contributed by atoms with Gasteiger partial charge in [-0.2, -0.15) is 0 Å². The summed E-state index contributed by atoms with van der Waals surface area (Å²) in [6, 6.07) is 4.50. The fourth-order valence-corrected chi connectivity index (χ4v) is 1.30. The standard InChI is InChI=1S/C10H12ClN3O3/c11-7-5-6(12)1-2-8(7)14-10(17)9(16)13-3-4-15/h1-2,5,15H,3-4,12H2,(H,13,16)(H,14,17). The van der Waals surface area contributed by atoms with Gasteiger partial charge in [-0.15, -0.1) is 0 Å². The average molecular weight is 258 g/mol. The largest absolute Gasteiger partial charge is 0.399 e. The van der Waals surface area contributed by atoms with E-state index in [9.17, 15) is 9.59 Å². The van der Waals surface area contributed by atoms with Gasteiger partial charge in [0.05, 0.1) is 17.3 Å². The van der Waals surface area contributed by atoms with Crippen LogP contribution in [0.4, 0.5) is 11.4 Å². The smallest absolute Gasteiger partial charge is 0.313 e. The molecule has 0 unspecified atom stereocenters. The lowest BCUT2D eigenvalue weighted by Crippen LogP contribution is -2.36. The van der Waals surface area contributed by atoms with E-state index in [1.165, 1.54) is 12.1 Å². The Hall–Kier alpha value is -1.79. The summed E-state index contributed by atoms with van der Waals surface area (Å²) in [4.78, 5) is 22.5. The van der Waals surface area contributed by atoms with Crippen LogP contribution in [0.15, 0.2) is 18.2 Å². The number of carbonyl (C=O) groups excluding carboxylic acids is 2. The molecule has 0 spiro atoms. The van der Waals surface area contributed by atoms with Crippen LogP contribution >= 0.6 is 11.6 Å². The average Bonchev–Trinajstić information content (AvgIpc) is 2.29. The van der Waals surface area contributed by atoms with E-state index in [4.69, 9.17) is 22.4 Å². The molecular formula is C10H12ClN3O3. The van der Waals surface area contributed by atoms with Gasteiger partial charge in [-0.25, -0.2) is 0 Å². The van der Waals surface area contributed by atoms with Crippen molar-refractivity contribution in [3.05, 3.63) is 23.2 Å². The van der Waals surface area contributed by atoms with Crippen molar-refractivity contribution in [1.82, 2.24) is 5.32 Å². The Bertz CT molecular complexity index is 437. The number of anilines is 2. The van der Waals surface area contributed by atoms with Crippen molar-refractivity contribution in [2.24, 2.45) is 0 Å². The number of carbonyl (C=O) groups is 2. The number of nitrogen functional groups attached to an aromatic ring is 1. The van der Waals surface area contributed by atoms with Crippen molar-refractivity contribution in [1.29, 1.82) is 0 Å². The Balaban J connectivity index is 2.64. The predicted molar refractivity (Wildman–Crippen MR) is 64.6 cm³/mol. The van der Waals surface area contributed by atoms with E-state index in [2.05, 4.69) is 10.6 Å². The number of aliphatic hydroxyl groups excluding tert-OH is 1. The Kier molecular flexibility index (Phi) is 4.74. The molecule has 17 heavy (non-hydrogen) atoms. The lowest BCUT2D eigenvalue weighted by atomic mass is 10.3. The molecular weight excluding hydrogens is 246 g/mol. The summed E-state index contributed by atoms with van der Waals surface area (Å²) < 4.78 is 0. The van der Waals surface area contributed by atoms with E-state index in [0.29, 0.717) is 11.4 Å². The van der Waals surface area contributed by atoms with Crippen LogP contribution in [0.25, 0.3) is 0 Å². The zero-order chi connectivity index (χ0) is 12.8. The van der Waals surface area contributed by atoms with Gasteiger partial charge in [0.2, 0.25) is 0 Å². The van der Waals surface area contributed by atoms with Crippen LogP contribution in [0.2, 0.25) is 5.02 Å². The highest BCUT2D eigenvalue weighted by Gasteiger charge is 2.14. The number of halogens is 1. The highest BCUT2D eigenvalue weighted by Crippen LogP contribution is 2.23. The molecule has 7 heteroatoms. The molecule has 6 nitrogen and oxygen atoms in total. The molecule has 0 atom stereocenters. The maximum Gasteiger partial charge on any atom is 0.313 e. The minimum atomic E-state index is -0.856. The van der Waals surface area contributed by atoms with Crippen molar-refractivity contribution in [2.45, 2.75) is 0 Å². The van der Waals surface area contributed by atoms with E-state index in [1.807, 2.05) is 0 Å². The maximum absolute atomic E-state index is 11.4. The Morgan fingerprint density at radius 2 is 2.06 bits per heavy atom. The number of hydrogen-bond acceptors (Lipinski definition) is 4. The first-order valence-electron chi connectivity index (χ1n) is 4.79. The summed E-state index contributed by atoms with van der Waals surface area (Å²) in [5, 5.41) is 13.3. The molecule has 0 aliphatic carbocycles. The second-order valence-corrected chi connectivity index (χ2v) is 3.58. The van der Waals surface area contributed by atoms with E-state index in [1.54, 1.807) is 6.07 Å². The molecule has 5 N–H and O–H groups in total. The molecule has 0 saturated carbocycles. The topological polar surface area (TPSA) is 104 Å². The van der Waals surface area contributed by atoms with Crippen LogP contribution in [0, 0.1) is 0 Å². The Labute approximate surface area is 103 Å². The third-order valence-corrected chi connectivity index (χ3v) is 2.16. The van der Waals surface area contributed by atoms with E-state index >= 15 is 0 Å². The van der Waals surface area contributed by atoms with Crippen LogP contribution in [-0.4, -0.2) is 30.1 Å². The third-order valence-electron chi connectivity index (χ3n) is 1.84. The van der Waals surface area contributed by atoms with Gasteiger partial charge in [-0.3, -0.25) is 9.59 Å². The summed E-state index contributed by atoms with van der Waals surface area (Å²) >= 11 is 5.82. The highest BCUT2D eigenvalue weighted by atomic mass is 35.5. The van der Waals surface area contributed by atoms with Gasteiger partial charge in [0, 0.05) is 12.2 Å². The maximum atomic E-state index is 11.4. The molecule has 0 saturated heterocycles. The molecule has 92 valence electrons. The summed E-state index contributed by atoms with van der Waals surface area (Å²) in [5.74, 6) is -1.70. The first kappa shape index (κ1) is 13.3. The summed E-state index contributed by atoms with van der Waals surface area (Å²) in [5.41, 5.74) is 6.23. The zero-order valence-electron chi connectivity index (χ0n) is 8.87. The van der Waals surface area contributed by atoms with Crippen molar-refractivity contribution in [2.75, 3.05) is 24.2 Å². The summed E-state index contributed by atoms with van der Waals surface area (Å²) in [7, 11) is 0. The van der Waals surface area contributed by atoms with Crippen LogP contribution in [0.5, 0.6) is 0 Å². The number of amides is 2. The Morgan fingerprint density at radius 3 is 2.65 bits per heavy atom. The van der Waals surface area contributed by atoms with Crippen molar-refractivity contribution < 1.29 is 14.7 Å². The fourth-order valence-electron chi connectivity index (χ4n) is 1.06. The predicted octanol–water partition coefficient (Wildman–Crippen LogP) is -0.0308. The van der Waals surface area contributed by atoms with Gasteiger partial charge in [-0.1, -0.05) is 11.6 Å². The molecule has 0 bridgehead atoms. The number of hydrogen-bond donors (Lipinski definition) is 4. The van der Waals surface area contributed by atoms with Gasteiger partial charge in [0.1, 0.15) is 0 Å². The van der Waals surface area contributed by atoms with Crippen LogP contribution in [0.1, 0.15) is 0 Å². The highest BCUT2D eigenvalue weighted by molar-refractivity contribution is 6.41. The van der Waals surface area contributed by atoms with Crippen molar-refractivity contribution in [3.8, 4) is 0 Å². The molecule has 0 heterocycles. The first-order valence-corrected chi connectivity index (χ1v) is 5.17. The zero-order valence-corrected chi connectivity index (χ0v) is 9.62. The van der Waals surface area contributed by atoms with Crippen LogP contribution in [0.3, 0.4) is 0 Å². The molecule has 0 aliphatic rings. The monoisotopic (exact) mass is 257 g/mol. The second-order valence-electron chi connectivity index (χ2n) is 3.17.